The normalized spacial score (nSPS) is 14.8. The number of hydrogen-bond acceptors (Lipinski definition) is 4. The molecular formula is C19H22O3S. The van der Waals surface area contributed by atoms with Gasteiger partial charge in [0, 0.05) is 7.11 Å². The lowest BCUT2D eigenvalue weighted by atomic mass is 9.94. The van der Waals surface area contributed by atoms with Crippen molar-refractivity contribution >= 4 is 17.7 Å². The van der Waals surface area contributed by atoms with Gasteiger partial charge in [0.05, 0.1) is 13.0 Å². The Bertz CT molecular complexity index is 651. The standard InChI is InChI=1S/C19H22O3S/c1-14(18(20)21-2)15-9-8-12-17(13-15)19(22-3,23-4)16-10-6-5-7-11-16/h5-14H,1-4H3. The van der Waals surface area contributed by atoms with Gasteiger partial charge in [-0.15, -0.1) is 11.8 Å². The van der Waals surface area contributed by atoms with Crippen LogP contribution in [0.5, 0.6) is 0 Å². The van der Waals surface area contributed by atoms with Crippen LogP contribution in [0.3, 0.4) is 0 Å². The number of benzene rings is 2. The average Bonchev–Trinajstić information content (AvgIpc) is 2.63. The van der Waals surface area contributed by atoms with E-state index in [0.29, 0.717) is 0 Å². The van der Waals surface area contributed by atoms with E-state index < -0.39 is 4.93 Å². The van der Waals surface area contributed by atoms with Crippen LogP contribution in [-0.2, 0) is 19.2 Å². The van der Waals surface area contributed by atoms with Crippen LogP contribution in [-0.4, -0.2) is 26.4 Å². The maximum Gasteiger partial charge on any atom is 0.312 e. The van der Waals surface area contributed by atoms with Crippen molar-refractivity contribution in [3.63, 3.8) is 0 Å². The second kappa shape index (κ2) is 7.66. The number of thioether (sulfide) groups is 1. The lowest BCUT2D eigenvalue weighted by molar-refractivity contribution is -0.141. The maximum atomic E-state index is 11.8. The zero-order valence-electron chi connectivity index (χ0n) is 13.9. The molecule has 0 heterocycles. The lowest BCUT2D eigenvalue weighted by Crippen LogP contribution is -2.26. The number of methoxy groups -OCH3 is 2. The van der Waals surface area contributed by atoms with Crippen LogP contribution in [0.15, 0.2) is 54.6 Å². The molecule has 0 spiro atoms. The van der Waals surface area contributed by atoms with Gasteiger partial charge in [-0.25, -0.2) is 0 Å². The minimum atomic E-state index is -0.604. The van der Waals surface area contributed by atoms with Crippen LogP contribution in [0.1, 0.15) is 29.5 Å². The molecule has 0 bridgehead atoms. The highest BCUT2D eigenvalue weighted by Crippen LogP contribution is 2.42. The fourth-order valence-corrected chi connectivity index (χ4v) is 3.61. The van der Waals surface area contributed by atoms with E-state index in [1.807, 2.05) is 55.6 Å². The summed E-state index contributed by atoms with van der Waals surface area (Å²) in [5, 5.41) is 0. The molecule has 0 radical (unpaired) electrons. The van der Waals surface area contributed by atoms with Crippen molar-refractivity contribution in [1.29, 1.82) is 0 Å². The van der Waals surface area contributed by atoms with Crippen LogP contribution in [0.2, 0.25) is 0 Å². The van der Waals surface area contributed by atoms with Crippen LogP contribution in [0, 0.1) is 0 Å². The predicted octanol–water partition coefficient (Wildman–Crippen LogP) is 4.17. The van der Waals surface area contributed by atoms with E-state index in [4.69, 9.17) is 9.47 Å². The molecule has 3 nitrogen and oxygen atoms in total. The van der Waals surface area contributed by atoms with Crippen molar-refractivity contribution in [3.05, 3.63) is 71.3 Å². The Hall–Kier alpha value is -1.78. The molecule has 0 N–H and O–H groups in total. The van der Waals surface area contributed by atoms with E-state index in [2.05, 4.69) is 12.1 Å². The van der Waals surface area contributed by atoms with E-state index in [9.17, 15) is 4.79 Å². The van der Waals surface area contributed by atoms with Crippen molar-refractivity contribution < 1.29 is 14.3 Å². The quantitative estimate of drug-likeness (QED) is 0.588. The topological polar surface area (TPSA) is 35.5 Å². The SMILES string of the molecule is COC(=O)C(C)c1cccc(C(OC)(SC)c2ccccc2)c1. The molecule has 0 aliphatic carbocycles. The molecule has 23 heavy (non-hydrogen) atoms. The lowest BCUT2D eigenvalue weighted by Gasteiger charge is -2.32. The van der Waals surface area contributed by atoms with Crippen LogP contribution in [0.4, 0.5) is 0 Å². The summed E-state index contributed by atoms with van der Waals surface area (Å²) in [7, 11) is 3.12. The fourth-order valence-electron chi connectivity index (χ4n) is 2.70. The first-order chi connectivity index (χ1) is 11.1. The van der Waals surface area contributed by atoms with E-state index in [0.717, 1.165) is 16.7 Å². The summed E-state index contributed by atoms with van der Waals surface area (Å²) < 4.78 is 10.8. The molecule has 0 saturated heterocycles. The third-order valence-corrected chi connectivity index (χ3v) is 5.26. The summed E-state index contributed by atoms with van der Waals surface area (Å²) in [6.45, 7) is 1.85. The molecule has 0 aromatic heterocycles. The maximum absolute atomic E-state index is 11.8. The van der Waals surface area contributed by atoms with Crippen molar-refractivity contribution in [1.82, 2.24) is 0 Å². The molecular weight excluding hydrogens is 308 g/mol. The van der Waals surface area contributed by atoms with Gasteiger partial charge in [-0.1, -0.05) is 54.6 Å². The summed E-state index contributed by atoms with van der Waals surface area (Å²) in [4.78, 5) is 11.2. The van der Waals surface area contributed by atoms with Crippen LogP contribution >= 0.6 is 11.8 Å². The number of rotatable bonds is 6. The average molecular weight is 330 g/mol. The van der Waals surface area contributed by atoms with Crippen molar-refractivity contribution in [3.8, 4) is 0 Å². The molecule has 122 valence electrons. The van der Waals surface area contributed by atoms with Crippen LogP contribution < -0.4 is 0 Å². The van der Waals surface area contributed by atoms with Crippen molar-refractivity contribution in [2.45, 2.75) is 17.8 Å². The zero-order valence-corrected chi connectivity index (χ0v) is 14.7. The largest absolute Gasteiger partial charge is 0.469 e. The molecule has 2 aromatic rings. The molecule has 0 aliphatic heterocycles. The number of carbonyl (C=O) groups excluding carboxylic acids is 1. The molecule has 0 amide bonds. The summed E-state index contributed by atoms with van der Waals surface area (Å²) in [6, 6.07) is 18.0. The van der Waals surface area contributed by atoms with E-state index >= 15 is 0 Å². The van der Waals surface area contributed by atoms with E-state index in [1.165, 1.54) is 7.11 Å². The number of ether oxygens (including phenoxy) is 2. The fraction of sp³-hybridized carbons (Fsp3) is 0.316. The first-order valence-electron chi connectivity index (χ1n) is 7.43. The Morgan fingerprint density at radius 1 is 1.04 bits per heavy atom. The first kappa shape index (κ1) is 17.6. The van der Waals surface area contributed by atoms with Crippen molar-refractivity contribution in [2.75, 3.05) is 20.5 Å². The van der Waals surface area contributed by atoms with E-state index in [-0.39, 0.29) is 11.9 Å². The minimum absolute atomic E-state index is 0.242. The van der Waals surface area contributed by atoms with Gasteiger partial charge in [-0.2, -0.15) is 0 Å². The smallest absolute Gasteiger partial charge is 0.312 e. The Morgan fingerprint density at radius 2 is 1.70 bits per heavy atom. The number of esters is 1. The van der Waals surface area contributed by atoms with Crippen LogP contribution in [0.25, 0.3) is 0 Å². The molecule has 4 heteroatoms. The number of carbonyl (C=O) groups is 1. The van der Waals surface area contributed by atoms with Gasteiger partial charge in [-0.3, -0.25) is 4.79 Å². The monoisotopic (exact) mass is 330 g/mol. The van der Waals surface area contributed by atoms with Gasteiger partial charge in [-0.05, 0) is 29.9 Å². The Labute approximate surface area is 142 Å². The van der Waals surface area contributed by atoms with Gasteiger partial charge in [0.1, 0.15) is 0 Å². The van der Waals surface area contributed by atoms with Gasteiger partial charge in [0.25, 0.3) is 0 Å². The molecule has 2 atom stereocenters. The minimum Gasteiger partial charge on any atom is -0.469 e. The van der Waals surface area contributed by atoms with Gasteiger partial charge < -0.3 is 9.47 Å². The first-order valence-corrected chi connectivity index (χ1v) is 8.65. The highest BCUT2D eigenvalue weighted by atomic mass is 32.2. The van der Waals surface area contributed by atoms with Gasteiger partial charge in [0.15, 0.2) is 4.93 Å². The second-order valence-electron chi connectivity index (χ2n) is 5.26. The van der Waals surface area contributed by atoms with Gasteiger partial charge in [0.2, 0.25) is 0 Å². The molecule has 0 aliphatic rings. The summed E-state index contributed by atoms with van der Waals surface area (Å²) >= 11 is 1.62. The van der Waals surface area contributed by atoms with E-state index in [1.54, 1.807) is 18.9 Å². The highest BCUT2D eigenvalue weighted by Gasteiger charge is 2.34. The van der Waals surface area contributed by atoms with Crippen molar-refractivity contribution in [2.24, 2.45) is 0 Å². The third kappa shape index (κ3) is 3.43. The zero-order chi connectivity index (χ0) is 16.9. The molecule has 2 unspecified atom stereocenters. The Kier molecular flexibility index (Phi) is 5.85. The molecule has 0 fully saturated rings. The molecule has 2 aromatic carbocycles. The highest BCUT2D eigenvalue weighted by molar-refractivity contribution is 7.99. The summed E-state index contributed by atoms with van der Waals surface area (Å²) in [5.41, 5.74) is 2.99. The molecule has 0 saturated carbocycles. The third-order valence-electron chi connectivity index (χ3n) is 4.05. The summed E-state index contributed by atoms with van der Waals surface area (Å²) in [5.74, 6) is -0.554. The molecule has 2 rings (SSSR count). The Morgan fingerprint density at radius 3 is 2.26 bits per heavy atom. The predicted molar refractivity (Wildman–Crippen MR) is 94.6 cm³/mol. The number of hydrogen-bond donors (Lipinski definition) is 0. The summed E-state index contributed by atoms with van der Waals surface area (Å²) in [6.07, 6.45) is 2.02. The Balaban J connectivity index is 2.51. The van der Waals surface area contributed by atoms with Gasteiger partial charge >= 0.3 is 5.97 Å². The second-order valence-corrected chi connectivity index (χ2v) is 6.24.